The van der Waals surface area contributed by atoms with Gasteiger partial charge in [-0.25, -0.2) is 4.39 Å². The first-order valence-corrected chi connectivity index (χ1v) is 9.25. The van der Waals surface area contributed by atoms with Gasteiger partial charge in [-0.05, 0) is 64.7 Å². The molecule has 1 fully saturated rings. The van der Waals surface area contributed by atoms with Crippen LogP contribution in [0.25, 0.3) is 22.1 Å². The van der Waals surface area contributed by atoms with E-state index in [-0.39, 0.29) is 9.90 Å². The van der Waals surface area contributed by atoms with Crippen LogP contribution in [-0.4, -0.2) is 0 Å². The molecule has 0 saturated heterocycles. The average Bonchev–Trinajstić information content (AvgIpc) is 2.58. The van der Waals surface area contributed by atoms with Crippen LogP contribution in [0.4, 0.5) is 4.39 Å². The fourth-order valence-electron chi connectivity index (χ4n) is 3.71. The topological polar surface area (TPSA) is 30.2 Å². The number of benzene rings is 2. The molecule has 25 heavy (non-hydrogen) atoms. The van der Waals surface area contributed by atoms with E-state index < -0.39 is 5.82 Å². The molecule has 1 saturated carbocycles. The Kier molecular flexibility index (Phi) is 4.03. The summed E-state index contributed by atoms with van der Waals surface area (Å²) < 4.78 is 19.9. The second kappa shape index (κ2) is 6.10. The van der Waals surface area contributed by atoms with Crippen LogP contribution in [0.5, 0.6) is 0 Å². The quantitative estimate of drug-likeness (QED) is 0.513. The number of aryl methyl sites for hydroxylation is 1. The summed E-state index contributed by atoms with van der Waals surface area (Å²) >= 11 is 3.18. The maximum absolute atomic E-state index is 14.0. The second-order valence-electron chi connectivity index (χ2n) is 7.05. The fraction of sp³-hybridized carbons (Fsp3) is 0.286. The van der Waals surface area contributed by atoms with Crippen LogP contribution in [0.2, 0.25) is 0 Å². The van der Waals surface area contributed by atoms with Crippen molar-refractivity contribution in [2.75, 3.05) is 0 Å². The maximum Gasteiger partial charge on any atom is 0.200 e. The highest BCUT2D eigenvalue weighted by atomic mass is 79.9. The summed E-state index contributed by atoms with van der Waals surface area (Å²) in [4.78, 5) is 13.0. The highest BCUT2D eigenvalue weighted by molar-refractivity contribution is 9.10. The Morgan fingerprint density at radius 2 is 2.00 bits per heavy atom. The molecule has 4 heteroatoms. The van der Waals surface area contributed by atoms with Crippen molar-refractivity contribution >= 4 is 26.9 Å². The summed E-state index contributed by atoms with van der Waals surface area (Å²) in [5.41, 5.74) is 3.14. The van der Waals surface area contributed by atoms with Gasteiger partial charge in [-0.2, -0.15) is 0 Å². The molecule has 1 aromatic heterocycles. The first-order chi connectivity index (χ1) is 12.0. The third-order valence-electron chi connectivity index (χ3n) is 5.22. The van der Waals surface area contributed by atoms with Crippen molar-refractivity contribution in [2.24, 2.45) is 5.92 Å². The highest BCUT2D eigenvalue weighted by Crippen LogP contribution is 2.41. The minimum atomic E-state index is -0.399. The Bertz CT molecular complexity index is 1030. The third kappa shape index (κ3) is 2.73. The molecule has 0 unspecified atom stereocenters. The van der Waals surface area contributed by atoms with Crippen LogP contribution in [0, 0.1) is 18.7 Å². The Balaban J connectivity index is 1.85. The Morgan fingerprint density at radius 3 is 2.72 bits per heavy atom. The molecule has 1 aliphatic rings. The van der Waals surface area contributed by atoms with Gasteiger partial charge in [-0.3, -0.25) is 4.79 Å². The first-order valence-electron chi connectivity index (χ1n) is 8.46. The summed E-state index contributed by atoms with van der Waals surface area (Å²) in [5.74, 6) is 0.951. The largest absolute Gasteiger partial charge is 0.463 e. The monoisotopic (exact) mass is 400 g/mol. The van der Waals surface area contributed by atoms with E-state index in [0.29, 0.717) is 28.0 Å². The molecule has 0 radical (unpaired) electrons. The number of hydrogen-bond donors (Lipinski definition) is 0. The van der Waals surface area contributed by atoms with E-state index in [1.165, 1.54) is 30.7 Å². The van der Waals surface area contributed by atoms with Gasteiger partial charge in [0.15, 0.2) is 0 Å². The van der Waals surface area contributed by atoms with Gasteiger partial charge in [0.1, 0.15) is 17.7 Å². The molecule has 4 rings (SSSR count). The van der Waals surface area contributed by atoms with E-state index in [1.54, 1.807) is 6.92 Å². The SMILES string of the molecule is Cc1c(F)c(Br)cc2c(=O)c(-c3cccc([C@H]4C[C@H](C)C4)c3)coc12. The average molecular weight is 401 g/mol. The number of fused-ring (bicyclic) bond motifs is 1. The van der Waals surface area contributed by atoms with Gasteiger partial charge < -0.3 is 4.42 Å². The molecule has 1 heterocycles. The van der Waals surface area contributed by atoms with E-state index in [4.69, 9.17) is 4.42 Å². The van der Waals surface area contributed by atoms with Crippen molar-refractivity contribution in [1.29, 1.82) is 0 Å². The van der Waals surface area contributed by atoms with Gasteiger partial charge in [0, 0.05) is 5.56 Å². The minimum absolute atomic E-state index is 0.135. The Hall–Kier alpha value is -1.94. The van der Waals surface area contributed by atoms with Crippen LogP contribution in [0.15, 0.2) is 50.3 Å². The zero-order chi connectivity index (χ0) is 17.7. The Labute approximate surface area is 153 Å². The lowest BCUT2D eigenvalue weighted by atomic mass is 9.72. The minimum Gasteiger partial charge on any atom is -0.463 e. The van der Waals surface area contributed by atoms with Crippen LogP contribution in [-0.2, 0) is 0 Å². The molecule has 0 spiro atoms. The predicted molar refractivity (Wildman–Crippen MR) is 101 cm³/mol. The van der Waals surface area contributed by atoms with Crippen LogP contribution >= 0.6 is 15.9 Å². The van der Waals surface area contributed by atoms with Gasteiger partial charge >= 0.3 is 0 Å². The van der Waals surface area contributed by atoms with Crippen molar-refractivity contribution in [2.45, 2.75) is 32.6 Å². The standard InChI is InChI=1S/C21H18BrFO2/c1-11-6-15(7-11)13-4-3-5-14(8-13)17-10-25-21-12(2)19(23)18(22)9-16(21)20(17)24/h3-5,8-11,15H,6-7H2,1-2H3/t11-,15-. The zero-order valence-corrected chi connectivity index (χ0v) is 15.7. The summed E-state index contributed by atoms with van der Waals surface area (Å²) in [5, 5.41) is 0.394. The normalized spacial score (nSPS) is 19.8. The van der Waals surface area contributed by atoms with E-state index in [2.05, 4.69) is 35.0 Å². The second-order valence-corrected chi connectivity index (χ2v) is 7.91. The molecule has 2 aromatic carbocycles. The molecule has 0 amide bonds. The number of halogens is 2. The third-order valence-corrected chi connectivity index (χ3v) is 5.80. The van der Waals surface area contributed by atoms with Gasteiger partial charge in [-0.15, -0.1) is 0 Å². The van der Waals surface area contributed by atoms with E-state index in [1.807, 2.05) is 12.1 Å². The molecular formula is C21H18BrFO2. The van der Waals surface area contributed by atoms with Crippen LogP contribution in [0.1, 0.15) is 36.8 Å². The smallest absolute Gasteiger partial charge is 0.200 e. The van der Waals surface area contributed by atoms with Crippen molar-refractivity contribution in [3.8, 4) is 11.1 Å². The van der Waals surface area contributed by atoms with Crippen molar-refractivity contribution in [3.05, 3.63) is 68.2 Å². The van der Waals surface area contributed by atoms with Gasteiger partial charge in [0.05, 0.1) is 15.4 Å². The van der Waals surface area contributed by atoms with E-state index in [0.717, 1.165) is 11.5 Å². The Morgan fingerprint density at radius 1 is 1.24 bits per heavy atom. The summed E-state index contributed by atoms with van der Waals surface area (Å²) in [7, 11) is 0. The predicted octanol–water partition coefficient (Wildman–Crippen LogP) is 6.18. The molecule has 3 aromatic rings. The summed E-state index contributed by atoms with van der Waals surface area (Å²) in [6.45, 7) is 3.88. The van der Waals surface area contributed by atoms with E-state index in [9.17, 15) is 9.18 Å². The molecular weight excluding hydrogens is 383 g/mol. The molecule has 0 aliphatic heterocycles. The number of hydrogen-bond acceptors (Lipinski definition) is 2. The van der Waals surface area contributed by atoms with Gasteiger partial charge in [-0.1, -0.05) is 31.2 Å². The van der Waals surface area contributed by atoms with Crippen LogP contribution < -0.4 is 5.43 Å². The van der Waals surface area contributed by atoms with Crippen molar-refractivity contribution in [3.63, 3.8) is 0 Å². The molecule has 128 valence electrons. The van der Waals surface area contributed by atoms with Crippen molar-refractivity contribution < 1.29 is 8.81 Å². The molecule has 2 nitrogen and oxygen atoms in total. The lowest BCUT2D eigenvalue weighted by Gasteiger charge is -2.33. The molecule has 0 atom stereocenters. The van der Waals surface area contributed by atoms with Crippen molar-refractivity contribution in [1.82, 2.24) is 0 Å². The maximum atomic E-state index is 14.0. The number of rotatable bonds is 2. The molecule has 1 aliphatic carbocycles. The van der Waals surface area contributed by atoms with Gasteiger partial charge in [0.2, 0.25) is 5.43 Å². The zero-order valence-electron chi connectivity index (χ0n) is 14.1. The fourth-order valence-corrected chi connectivity index (χ4v) is 4.23. The molecule has 0 N–H and O–H groups in total. The lowest BCUT2D eigenvalue weighted by molar-refractivity contribution is 0.288. The summed E-state index contributed by atoms with van der Waals surface area (Å²) in [6, 6.07) is 9.63. The van der Waals surface area contributed by atoms with E-state index >= 15 is 0 Å². The van der Waals surface area contributed by atoms with Crippen LogP contribution in [0.3, 0.4) is 0 Å². The molecule has 0 bridgehead atoms. The van der Waals surface area contributed by atoms with Gasteiger partial charge in [0.25, 0.3) is 0 Å². The lowest BCUT2D eigenvalue weighted by Crippen LogP contribution is -2.18. The summed E-state index contributed by atoms with van der Waals surface area (Å²) in [6.07, 6.45) is 3.84. The first kappa shape index (κ1) is 16.5. The highest BCUT2D eigenvalue weighted by Gasteiger charge is 2.27.